The van der Waals surface area contributed by atoms with Gasteiger partial charge in [-0.1, -0.05) is 0 Å². The largest absolute Gasteiger partial charge is 0.481 e. The van der Waals surface area contributed by atoms with Crippen LogP contribution in [0.1, 0.15) is 26.2 Å². The van der Waals surface area contributed by atoms with E-state index in [1.807, 2.05) is 0 Å². The zero-order chi connectivity index (χ0) is 14.5. The molecule has 1 aliphatic rings. The molecule has 110 valence electrons. The van der Waals surface area contributed by atoms with Gasteiger partial charge in [-0.05, 0) is 19.8 Å². The summed E-state index contributed by atoms with van der Waals surface area (Å²) in [5.41, 5.74) is 0. The average molecular weight is 292 g/mol. The molecular formula is C11H20N2O5S. The first-order valence-corrected chi connectivity index (χ1v) is 7.95. The maximum atomic E-state index is 11.8. The van der Waals surface area contributed by atoms with Gasteiger partial charge in [0.05, 0.1) is 18.1 Å². The highest BCUT2D eigenvalue weighted by Gasteiger charge is 2.31. The van der Waals surface area contributed by atoms with Crippen LogP contribution in [0.3, 0.4) is 0 Å². The van der Waals surface area contributed by atoms with Crippen LogP contribution in [0, 0.1) is 5.92 Å². The van der Waals surface area contributed by atoms with Gasteiger partial charge in [-0.3, -0.25) is 9.59 Å². The molecule has 1 fully saturated rings. The fourth-order valence-corrected chi connectivity index (χ4v) is 3.21. The Bertz CT molecular complexity index is 434. The van der Waals surface area contributed by atoms with E-state index in [1.165, 1.54) is 4.31 Å². The first-order valence-electron chi connectivity index (χ1n) is 6.34. The Morgan fingerprint density at radius 3 is 2.68 bits per heavy atom. The Hall–Kier alpha value is -1.15. The van der Waals surface area contributed by atoms with E-state index in [1.54, 1.807) is 6.92 Å². The van der Waals surface area contributed by atoms with Crippen molar-refractivity contribution in [2.75, 3.05) is 25.4 Å². The topological polar surface area (TPSA) is 104 Å². The maximum absolute atomic E-state index is 11.8. The number of piperidine rings is 1. The molecule has 1 heterocycles. The zero-order valence-corrected chi connectivity index (χ0v) is 11.8. The van der Waals surface area contributed by atoms with Gasteiger partial charge in [0.15, 0.2) is 0 Å². The van der Waals surface area contributed by atoms with Crippen LogP contribution >= 0.6 is 0 Å². The van der Waals surface area contributed by atoms with E-state index in [9.17, 15) is 18.0 Å². The fraction of sp³-hybridized carbons (Fsp3) is 0.818. The Balaban J connectivity index is 2.50. The zero-order valence-electron chi connectivity index (χ0n) is 11.0. The lowest BCUT2D eigenvalue weighted by molar-refractivity contribution is -0.137. The predicted molar refractivity (Wildman–Crippen MR) is 69.0 cm³/mol. The summed E-state index contributed by atoms with van der Waals surface area (Å²) in [6, 6.07) is 0. The van der Waals surface area contributed by atoms with Gasteiger partial charge in [-0.15, -0.1) is 0 Å². The fourth-order valence-electron chi connectivity index (χ4n) is 2.03. The monoisotopic (exact) mass is 292 g/mol. The third kappa shape index (κ3) is 4.79. The molecule has 1 amide bonds. The quantitative estimate of drug-likeness (QED) is 0.695. The normalized spacial score (nSPS) is 21.0. The summed E-state index contributed by atoms with van der Waals surface area (Å²) in [6.07, 6.45) is 1.15. The SMILES string of the molecule is CCS(=O)(=O)N1CCCC(C(=O)NCCC(=O)O)C1. The molecule has 0 saturated carbocycles. The van der Waals surface area contributed by atoms with Crippen molar-refractivity contribution in [3.8, 4) is 0 Å². The summed E-state index contributed by atoms with van der Waals surface area (Å²) in [4.78, 5) is 22.2. The van der Waals surface area contributed by atoms with Crippen LogP contribution in [0.4, 0.5) is 0 Å². The minimum atomic E-state index is -3.26. The maximum Gasteiger partial charge on any atom is 0.305 e. The number of aliphatic carboxylic acids is 1. The molecule has 0 spiro atoms. The van der Waals surface area contributed by atoms with Crippen molar-refractivity contribution >= 4 is 21.9 Å². The van der Waals surface area contributed by atoms with Gasteiger partial charge in [0.2, 0.25) is 15.9 Å². The Kier molecular flexibility index (Phi) is 5.74. The summed E-state index contributed by atoms with van der Waals surface area (Å²) in [5, 5.41) is 11.0. The highest BCUT2D eigenvalue weighted by Crippen LogP contribution is 2.19. The molecule has 8 heteroatoms. The van der Waals surface area contributed by atoms with Gasteiger partial charge in [0.1, 0.15) is 0 Å². The van der Waals surface area contributed by atoms with Crippen molar-refractivity contribution in [3.05, 3.63) is 0 Å². The lowest BCUT2D eigenvalue weighted by atomic mass is 9.99. The van der Waals surface area contributed by atoms with Gasteiger partial charge in [0.25, 0.3) is 0 Å². The summed E-state index contributed by atoms with van der Waals surface area (Å²) < 4.78 is 24.8. The van der Waals surface area contributed by atoms with Crippen molar-refractivity contribution in [1.82, 2.24) is 9.62 Å². The number of carbonyl (C=O) groups is 2. The van der Waals surface area contributed by atoms with Gasteiger partial charge < -0.3 is 10.4 Å². The Labute approximate surface area is 113 Å². The van der Waals surface area contributed by atoms with E-state index in [0.29, 0.717) is 19.4 Å². The number of hydrogen-bond acceptors (Lipinski definition) is 4. The lowest BCUT2D eigenvalue weighted by Crippen LogP contribution is -2.46. The van der Waals surface area contributed by atoms with E-state index >= 15 is 0 Å². The second kappa shape index (κ2) is 6.85. The van der Waals surface area contributed by atoms with Crippen molar-refractivity contribution < 1.29 is 23.1 Å². The molecule has 7 nitrogen and oxygen atoms in total. The van der Waals surface area contributed by atoms with E-state index in [2.05, 4.69) is 5.32 Å². The minimum Gasteiger partial charge on any atom is -0.481 e. The highest BCUT2D eigenvalue weighted by molar-refractivity contribution is 7.89. The summed E-state index contributed by atoms with van der Waals surface area (Å²) in [5.74, 6) is -1.60. The number of rotatable bonds is 6. The van der Waals surface area contributed by atoms with Gasteiger partial charge in [-0.2, -0.15) is 0 Å². The molecule has 2 N–H and O–H groups in total. The van der Waals surface area contributed by atoms with Crippen molar-refractivity contribution in [2.24, 2.45) is 5.92 Å². The number of nitrogens with one attached hydrogen (secondary N) is 1. The smallest absolute Gasteiger partial charge is 0.305 e. The predicted octanol–water partition coefficient (Wildman–Crippen LogP) is -0.361. The molecule has 1 aliphatic heterocycles. The van der Waals surface area contributed by atoms with Crippen LogP contribution in [0.5, 0.6) is 0 Å². The van der Waals surface area contributed by atoms with Gasteiger partial charge in [-0.25, -0.2) is 12.7 Å². The number of amides is 1. The van der Waals surface area contributed by atoms with Crippen molar-refractivity contribution in [2.45, 2.75) is 26.2 Å². The molecule has 1 atom stereocenters. The molecule has 0 aromatic heterocycles. The number of hydrogen-bond donors (Lipinski definition) is 2. The van der Waals surface area contributed by atoms with E-state index in [-0.39, 0.29) is 37.1 Å². The van der Waals surface area contributed by atoms with Crippen molar-refractivity contribution in [1.29, 1.82) is 0 Å². The van der Waals surface area contributed by atoms with E-state index in [4.69, 9.17) is 5.11 Å². The molecular weight excluding hydrogens is 272 g/mol. The number of carboxylic acid groups (broad SMARTS) is 1. The number of nitrogens with zero attached hydrogens (tertiary/aromatic N) is 1. The molecule has 1 rings (SSSR count). The van der Waals surface area contributed by atoms with E-state index < -0.39 is 16.0 Å². The molecule has 0 bridgehead atoms. The average Bonchev–Trinajstić information content (AvgIpc) is 2.38. The molecule has 0 radical (unpaired) electrons. The van der Waals surface area contributed by atoms with Crippen LogP contribution in [-0.2, 0) is 19.6 Å². The molecule has 1 unspecified atom stereocenters. The minimum absolute atomic E-state index is 0.0281. The number of carboxylic acids is 1. The molecule has 1 saturated heterocycles. The molecule has 0 aliphatic carbocycles. The van der Waals surface area contributed by atoms with E-state index in [0.717, 1.165) is 0 Å². The van der Waals surface area contributed by atoms with Crippen LogP contribution in [0.25, 0.3) is 0 Å². The summed E-state index contributed by atoms with van der Waals surface area (Å²) in [6.45, 7) is 2.29. The second-order valence-corrected chi connectivity index (χ2v) is 6.79. The highest BCUT2D eigenvalue weighted by atomic mass is 32.2. The van der Waals surface area contributed by atoms with Crippen LogP contribution in [-0.4, -0.2) is 55.1 Å². The third-order valence-corrected chi connectivity index (χ3v) is 5.00. The van der Waals surface area contributed by atoms with Gasteiger partial charge >= 0.3 is 5.97 Å². The summed E-state index contributed by atoms with van der Waals surface area (Å²) >= 11 is 0. The van der Waals surface area contributed by atoms with Gasteiger partial charge in [0, 0.05) is 19.6 Å². The molecule has 0 aromatic carbocycles. The first kappa shape index (κ1) is 15.9. The van der Waals surface area contributed by atoms with Crippen molar-refractivity contribution in [3.63, 3.8) is 0 Å². The van der Waals surface area contributed by atoms with Crippen LogP contribution in [0.2, 0.25) is 0 Å². The third-order valence-electron chi connectivity index (χ3n) is 3.15. The number of sulfonamides is 1. The summed E-state index contributed by atoms with van der Waals surface area (Å²) in [7, 11) is -3.26. The molecule has 0 aromatic rings. The first-order chi connectivity index (χ1) is 8.86. The van der Waals surface area contributed by atoms with Crippen LogP contribution < -0.4 is 5.32 Å². The Morgan fingerprint density at radius 1 is 1.42 bits per heavy atom. The van der Waals surface area contributed by atoms with Crippen LogP contribution in [0.15, 0.2) is 0 Å². The second-order valence-electron chi connectivity index (χ2n) is 4.53. The molecule has 19 heavy (non-hydrogen) atoms. The standard InChI is InChI=1S/C11H20N2O5S/c1-2-19(17,18)13-7-3-4-9(8-13)11(16)12-6-5-10(14)15/h9H,2-8H2,1H3,(H,12,16)(H,14,15). The number of carbonyl (C=O) groups excluding carboxylic acids is 1. The Morgan fingerprint density at radius 2 is 2.11 bits per heavy atom. The lowest BCUT2D eigenvalue weighted by Gasteiger charge is -2.30.